The molecule has 1 N–H and O–H groups in total. The predicted octanol–water partition coefficient (Wildman–Crippen LogP) is 3.22. The van der Waals surface area contributed by atoms with Gasteiger partial charge in [-0.1, -0.05) is 13.0 Å². The minimum Gasteiger partial charge on any atom is -0.385 e. The SMILES string of the molecule is CCCNc1ccnc(-c2cccc3nccn23)c1. The smallest absolute Gasteiger partial charge is 0.137 e. The molecule has 0 unspecified atom stereocenters. The van der Waals surface area contributed by atoms with Gasteiger partial charge in [-0.15, -0.1) is 0 Å². The van der Waals surface area contributed by atoms with E-state index in [-0.39, 0.29) is 0 Å². The van der Waals surface area contributed by atoms with E-state index in [2.05, 4.69) is 34.3 Å². The Kier molecular flexibility index (Phi) is 3.14. The minimum atomic E-state index is 0.936. The lowest BCUT2D eigenvalue weighted by atomic mass is 10.2. The van der Waals surface area contributed by atoms with Crippen molar-refractivity contribution in [2.45, 2.75) is 13.3 Å². The van der Waals surface area contributed by atoms with E-state index in [0.717, 1.165) is 35.7 Å². The lowest BCUT2D eigenvalue weighted by molar-refractivity contribution is 0.978. The molecular formula is C15H16N4. The van der Waals surface area contributed by atoms with Crippen LogP contribution in [0.2, 0.25) is 0 Å². The zero-order valence-corrected chi connectivity index (χ0v) is 10.9. The zero-order valence-electron chi connectivity index (χ0n) is 10.9. The van der Waals surface area contributed by atoms with Gasteiger partial charge in [0.15, 0.2) is 0 Å². The van der Waals surface area contributed by atoms with Crippen LogP contribution in [0, 0.1) is 0 Å². The fraction of sp³-hybridized carbons (Fsp3) is 0.200. The Bertz CT molecular complexity index is 687. The third-order valence-corrected chi connectivity index (χ3v) is 3.03. The fourth-order valence-electron chi connectivity index (χ4n) is 2.11. The van der Waals surface area contributed by atoms with Crippen molar-refractivity contribution in [3.05, 3.63) is 48.9 Å². The van der Waals surface area contributed by atoms with E-state index in [1.165, 1.54) is 0 Å². The van der Waals surface area contributed by atoms with Gasteiger partial charge in [0, 0.05) is 30.8 Å². The first-order valence-corrected chi connectivity index (χ1v) is 6.51. The minimum absolute atomic E-state index is 0.936. The van der Waals surface area contributed by atoms with Crippen LogP contribution in [0.25, 0.3) is 17.0 Å². The van der Waals surface area contributed by atoms with E-state index in [1.807, 2.05) is 35.0 Å². The molecule has 3 heterocycles. The second-order valence-electron chi connectivity index (χ2n) is 4.42. The Hall–Kier alpha value is -2.36. The molecule has 0 fully saturated rings. The highest BCUT2D eigenvalue weighted by atomic mass is 15.0. The van der Waals surface area contributed by atoms with E-state index in [1.54, 1.807) is 6.20 Å². The molecule has 4 nitrogen and oxygen atoms in total. The van der Waals surface area contributed by atoms with Crippen LogP contribution < -0.4 is 5.32 Å². The van der Waals surface area contributed by atoms with Crippen molar-refractivity contribution in [2.75, 3.05) is 11.9 Å². The third kappa shape index (κ3) is 2.29. The highest BCUT2D eigenvalue weighted by Crippen LogP contribution is 2.21. The molecule has 0 aliphatic carbocycles. The summed E-state index contributed by atoms with van der Waals surface area (Å²) in [6, 6.07) is 10.1. The zero-order chi connectivity index (χ0) is 13.1. The van der Waals surface area contributed by atoms with Crippen LogP contribution in [0.15, 0.2) is 48.9 Å². The fourth-order valence-corrected chi connectivity index (χ4v) is 2.11. The molecule has 0 aliphatic rings. The van der Waals surface area contributed by atoms with E-state index >= 15 is 0 Å². The molecule has 4 heteroatoms. The summed E-state index contributed by atoms with van der Waals surface area (Å²) in [5.74, 6) is 0. The molecule has 0 spiro atoms. The van der Waals surface area contributed by atoms with Crippen molar-refractivity contribution in [3.8, 4) is 11.4 Å². The Balaban J connectivity index is 2.03. The van der Waals surface area contributed by atoms with Gasteiger partial charge in [-0.2, -0.15) is 0 Å². The summed E-state index contributed by atoms with van der Waals surface area (Å²) < 4.78 is 2.05. The van der Waals surface area contributed by atoms with Gasteiger partial charge < -0.3 is 5.32 Å². The van der Waals surface area contributed by atoms with E-state index in [0.29, 0.717) is 0 Å². The van der Waals surface area contributed by atoms with Gasteiger partial charge in [0.05, 0.1) is 11.4 Å². The van der Waals surface area contributed by atoms with Gasteiger partial charge in [-0.05, 0) is 30.7 Å². The molecule has 0 bridgehead atoms. The number of nitrogens with one attached hydrogen (secondary N) is 1. The van der Waals surface area contributed by atoms with Crippen molar-refractivity contribution in [3.63, 3.8) is 0 Å². The summed E-state index contributed by atoms with van der Waals surface area (Å²) in [4.78, 5) is 8.76. The third-order valence-electron chi connectivity index (χ3n) is 3.03. The number of fused-ring (bicyclic) bond motifs is 1. The van der Waals surface area contributed by atoms with Gasteiger partial charge in [-0.3, -0.25) is 9.38 Å². The summed E-state index contributed by atoms with van der Waals surface area (Å²) in [6.45, 7) is 3.13. The average Bonchev–Trinajstić information content (AvgIpc) is 2.93. The van der Waals surface area contributed by atoms with Crippen LogP contribution in [0.4, 0.5) is 5.69 Å². The summed E-state index contributed by atoms with van der Waals surface area (Å²) in [7, 11) is 0. The lowest BCUT2D eigenvalue weighted by Crippen LogP contribution is -2.00. The van der Waals surface area contributed by atoms with E-state index in [4.69, 9.17) is 0 Å². The Labute approximate surface area is 112 Å². The van der Waals surface area contributed by atoms with Crippen molar-refractivity contribution in [2.24, 2.45) is 0 Å². The summed E-state index contributed by atoms with van der Waals surface area (Å²) in [5, 5.41) is 3.38. The van der Waals surface area contributed by atoms with Gasteiger partial charge in [0.25, 0.3) is 0 Å². The van der Waals surface area contributed by atoms with Crippen LogP contribution in [-0.4, -0.2) is 20.9 Å². The number of pyridine rings is 2. The second kappa shape index (κ2) is 5.10. The normalized spacial score (nSPS) is 10.8. The molecule has 0 amide bonds. The molecule has 19 heavy (non-hydrogen) atoms. The van der Waals surface area contributed by atoms with Crippen LogP contribution >= 0.6 is 0 Å². The Morgan fingerprint density at radius 2 is 2.11 bits per heavy atom. The molecular weight excluding hydrogens is 236 g/mol. The maximum atomic E-state index is 4.46. The number of imidazole rings is 1. The quantitative estimate of drug-likeness (QED) is 0.775. The Morgan fingerprint density at radius 3 is 3.00 bits per heavy atom. The van der Waals surface area contributed by atoms with E-state index in [9.17, 15) is 0 Å². The van der Waals surface area contributed by atoms with Crippen LogP contribution in [0.5, 0.6) is 0 Å². The highest BCUT2D eigenvalue weighted by molar-refractivity contribution is 5.64. The molecule has 0 atom stereocenters. The topological polar surface area (TPSA) is 42.2 Å². The highest BCUT2D eigenvalue weighted by Gasteiger charge is 2.05. The average molecular weight is 252 g/mol. The molecule has 0 aromatic carbocycles. The molecule has 0 saturated carbocycles. The van der Waals surface area contributed by atoms with Crippen molar-refractivity contribution in [1.29, 1.82) is 0 Å². The van der Waals surface area contributed by atoms with Crippen molar-refractivity contribution in [1.82, 2.24) is 14.4 Å². The second-order valence-corrected chi connectivity index (χ2v) is 4.42. The first-order chi connectivity index (χ1) is 9.38. The van der Waals surface area contributed by atoms with E-state index < -0.39 is 0 Å². The maximum Gasteiger partial charge on any atom is 0.137 e. The molecule has 0 aliphatic heterocycles. The molecule has 3 rings (SSSR count). The number of nitrogens with zero attached hydrogens (tertiary/aromatic N) is 3. The number of anilines is 1. The molecule has 3 aromatic heterocycles. The largest absolute Gasteiger partial charge is 0.385 e. The van der Waals surface area contributed by atoms with Gasteiger partial charge in [0.1, 0.15) is 5.65 Å². The lowest BCUT2D eigenvalue weighted by Gasteiger charge is -2.08. The number of hydrogen-bond donors (Lipinski definition) is 1. The molecule has 0 saturated heterocycles. The monoisotopic (exact) mass is 252 g/mol. The first-order valence-electron chi connectivity index (χ1n) is 6.51. The van der Waals surface area contributed by atoms with Crippen molar-refractivity contribution < 1.29 is 0 Å². The molecule has 96 valence electrons. The maximum absolute atomic E-state index is 4.46. The predicted molar refractivity (Wildman–Crippen MR) is 77.2 cm³/mol. The number of rotatable bonds is 4. The molecule has 0 radical (unpaired) electrons. The summed E-state index contributed by atoms with van der Waals surface area (Å²) >= 11 is 0. The van der Waals surface area contributed by atoms with Gasteiger partial charge in [-0.25, -0.2) is 4.98 Å². The van der Waals surface area contributed by atoms with Crippen LogP contribution in [0.1, 0.15) is 13.3 Å². The standard InChI is InChI=1S/C15H16N4/c1-2-7-16-12-6-8-17-13(11-12)14-4-3-5-15-18-9-10-19(14)15/h3-6,8-11H,2,7H2,1H3,(H,16,17). The Morgan fingerprint density at radius 1 is 1.16 bits per heavy atom. The van der Waals surface area contributed by atoms with Crippen LogP contribution in [-0.2, 0) is 0 Å². The van der Waals surface area contributed by atoms with Gasteiger partial charge >= 0.3 is 0 Å². The number of aromatic nitrogens is 3. The summed E-state index contributed by atoms with van der Waals surface area (Å²) in [5.41, 5.74) is 4.04. The van der Waals surface area contributed by atoms with Crippen LogP contribution in [0.3, 0.4) is 0 Å². The first kappa shape index (κ1) is 11.7. The summed E-state index contributed by atoms with van der Waals surface area (Å²) in [6.07, 6.45) is 6.70. The number of hydrogen-bond acceptors (Lipinski definition) is 3. The van der Waals surface area contributed by atoms with Crippen molar-refractivity contribution >= 4 is 11.3 Å². The van der Waals surface area contributed by atoms with Gasteiger partial charge in [0.2, 0.25) is 0 Å². The molecule has 3 aromatic rings.